The quantitative estimate of drug-likeness (QED) is 0.813. The van der Waals surface area contributed by atoms with Crippen molar-refractivity contribution in [2.24, 2.45) is 0 Å². The number of carbonyl (C=O) groups is 1. The third kappa shape index (κ3) is 3.48. The Morgan fingerprint density at radius 2 is 2.09 bits per heavy atom. The van der Waals surface area contributed by atoms with Gasteiger partial charge in [0.1, 0.15) is 0 Å². The molecule has 0 spiro atoms. The minimum absolute atomic E-state index is 0.00375. The average Bonchev–Trinajstić information content (AvgIpc) is 2.79. The summed E-state index contributed by atoms with van der Waals surface area (Å²) in [5.41, 5.74) is 1.26. The molecule has 0 aliphatic carbocycles. The maximum absolute atomic E-state index is 12.4. The number of fused-ring (bicyclic) bond motifs is 1. The number of hydrogen-bond acceptors (Lipinski definition) is 3. The first kappa shape index (κ1) is 18.1. The highest BCUT2D eigenvalue weighted by atomic mass is 35.5. The van der Waals surface area contributed by atoms with E-state index >= 15 is 0 Å². The van der Waals surface area contributed by atoms with Crippen LogP contribution in [0.2, 0.25) is 5.02 Å². The Hall–Kier alpha value is -1.27. The zero-order chi connectivity index (χ0) is 17.4. The molecule has 0 saturated carbocycles. The molecule has 0 saturated heterocycles. The molecule has 0 fully saturated rings. The third-order valence-electron chi connectivity index (χ3n) is 4.61. The predicted molar refractivity (Wildman–Crippen MR) is 93.5 cm³/mol. The normalized spacial score (nSPS) is 20.5. The number of halogens is 1. The highest BCUT2D eigenvalue weighted by molar-refractivity contribution is 7.92. The highest BCUT2D eigenvalue weighted by Gasteiger charge is 2.43. The van der Waals surface area contributed by atoms with E-state index in [4.69, 9.17) is 11.6 Å². The molecule has 0 bridgehead atoms. The Morgan fingerprint density at radius 1 is 1.43 bits per heavy atom. The van der Waals surface area contributed by atoms with Crippen molar-refractivity contribution >= 4 is 33.2 Å². The first-order valence-electron chi connectivity index (χ1n) is 7.63. The molecule has 0 aromatic heterocycles. The van der Waals surface area contributed by atoms with Gasteiger partial charge in [0, 0.05) is 37.5 Å². The number of amides is 1. The predicted octanol–water partition coefficient (Wildman–Crippen LogP) is 2.64. The van der Waals surface area contributed by atoms with Crippen molar-refractivity contribution in [1.29, 1.82) is 0 Å². The summed E-state index contributed by atoms with van der Waals surface area (Å²) >= 11 is 6.13. The van der Waals surface area contributed by atoms with Crippen LogP contribution in [0.25, 0.3) is 0 Å². The van der Waals surface area contributed by atoms with Crippen molar-refractivity contribution in [3.63, 3.8) is 0 Å². The zero-order valence-corrected chi connectivity index (χ0v) is 15.5. The molecule has 2 rings (SSSR count). The van der Waals surface area contributed by atoms with Crippen molar-refractivity contribution in [3.05, 3.63) is 28.8 Å². The minimum Gasteiger partial charge on any atom is -0.346 e. The molecule has 7 heteroatoms. The van der Waals surface area contributed by atoms with Crippen LogP contribution in [-0.4, -0.2) is 45.1 Å². The molecule has 128 valence electrons. The molecule has 23 heavy (non-hydrogen) atoms. The van der Waals surface area contributed by atoms with Crippen molar-refractivity contribution < 1.29 is 13.2 Å². The van der Waals surface area contributed by atoms with E-state index in [0.717, 1.165) is 5.56 Å². The summed E-state index contributed by atoms with van der Waals surface area (Å²) in [5, 5.41) is 0.589. The summed E-state index contributed by atoms with van der Waals surface area (Å²) in [4.78, 5) is 13.1. The zero-order valence-electron chi connectivity index (χ0n) is 14.0. The average molecular weight is 359 g/mol. The molecule has 1 heterocycles. The second-order valence-electron chi connectivity index (χ2n) is 6.32. The smallest absolute Gasteiger partial charge is 0.234 e. The topological polar surface area (TPSA) is 57.7 Å². The van der Waals surface area contributed by atoms with E-state index in [1.54, 1.807) is 31.0 Å². The van der Waals surface area contributed by atoms with Gasteiger partial charge in [-0.05, 0) is 37.1 Å². The number of nitrogens with zero attached hydrogens (tertiary/aromatic N) is 2. The maximum Gasteiger partial charge on any atom is 0.234 e. The van der Waals surface area contributed by atoms with E-state index in [-0.39, 0.29) is 17.1 Å². The van der Waals surface area contributed by atoms with Crippen LogP contribution in [0.1, 0.15) is 32.8 Å². The van der Waals surface area contributed by atoms with E-state index in [1.165, 1.54) is 11.2 Å². The number of hydrogen-bond donors (Lipinski definition) is 0. The van der Waals surface area contributed by atoms with Crippen LogP contribution in [0, 0.1) is 0 Å². The Bertz CT molecular complexity index is 720. The SMILES string of the molecule is CCS(=O)(=O)N1CC(C)(CCN(C)C(C)=O)c2cc(Cl)ccc21. The number of carbonyl (C=O) groups excluding carboxylic acids is 1. The van der Waals surface area contributed by atoms with Gasteiger partial charge in [-0.25, -0.2) is 8.42 Å². The number of benzene rings is 1. The van der Waals surface area contributed by atoms with Crippen LogP contribution in [0.5, 0.6) is 0 Å². The van der Waals surface area contributed by atoms with Crippen LogP contribution in [-0.2, 0) is 20.2 Å². The maximum atomic E-state index is 12.4. The van der Waals surface area contributed by atoms with Gasteiger partial charge in [-0.15, -0.1) is 0 Å². The summed E-state index contributed by atoms with van der Waals surface area (Å²) in [5.74, 6) is 0.0503. The first-order valence-corrected chi connectivity index (χ1v) is 9.61. The lowest BCUT2D eigenvalue weighted by Gasteiger charge is -2.28. The summed E-state index contributed by atoms with van der Waals surface area (Å²) in [6.45, 7) is 6.14. The van der Waals surface area contributed by atoms with Crippen LogP contribution in [0.15, 0.2) is 18.2 Å². The van der Waals surface area contributed by atoms with Crippen LogP contribution in [0.4, 0.5) is 5.69 Å². The molecule has 0 radical (unpaired) electrons. The monoisotopic (exact) mass is 358 g/mol. The number of sulfonamides is 1. The van der Waals surface area contributed by atoms with Gasteiger partial charge in [-0.3, -0.25) is 9.10 Å². The molecule has 1 aliphatic heterocycles. The van der Waals surface area contributed by atoms with Crippen LogP contribution >= 0.6 is 11.6 Å². The van der Waals surface area contributed by atoms with Crippen LogP contribution in [0.3, 0.4) is 0 Å². The first-order chi connectivity index (χ1) is 10.6. The van der Waals surface area contributed by atoms with Gasteiger partial charge in [0.15, 0.2) is 0 Å². The van der Waals surface area contributed by atoms with E-state index in [2.05, 4.69) is 0 Å². The van der Waals surface area contributed by atoms with E-state index < -0.39 is 10.0 Å². The molecule has 5 nitrogen and oxygen atoms in total. The minimum atomic E-state index is -3.34. The Kier molecular flexibility index (Phi) is 4.97. The molecule has 1 aromatic carbocycles. The van der Waals surface area contributed by atoms with Gasteiger partial charge in [0.2, 0.25) is 15.9 Å². The lowest BCUT2D eigenvalue weighted by molar-refractivity contribution is -0.127. The molecule has 1 unspecified atom stereocenters. The van der Waals surface area contributed by atoms with E-state index in [1.807, 2.05) is 13.0 Å². The summed E-state index contributed by atoms with van der Waals surface area (Å²) < 4.78 is 26.3. The van der Waals surface area contributed by atoms with E-state index in [0.29, 0.717) is 30.2 Å². The second kappa shape index (κ2) is 6.32. The second-order valence-corrected chi connectivity index (χ2v) is 8.94. The standard InChI is InChI=1S/C16H23ClN2O3S/c1-5-23(21,22)19-11-16(3,8-9-18(4)12(2)20)14-10-13(17)6-7-15(14)19/h6-7,10H,5,8-9,11H2,1-4H3. The molecule has 0 N–H and O–H groups in total. The molecular formula is C16H23ClN2O3S. The van der Waals surface area contributed by atoms with E-state index in [9.17, 15) is 13.2 Å². The van der Waals surface area contributed by atoms with Crippen LogP contribution < -0.4 is 4.31 Å². The summed E-state index contributed by atoms with van der Waals surface area (Å²) in [6, 6.07) is 5.33. The van der Waals surface area contributed by atoms with Gasteiger partial charge in [-0.2, -0.15) is 0 Å². The van der Waals surface area contributed by atoms with Gasteiger partial charge in [-0.1, -0.05) is 18.5 Å². The van der Waals surface area contributed by atoms with Gasteiger partial charge in [0.05, 0.1) is 11.4 Å². The summed E-state index contributed by atoms with van der Waals surface area (Å²) in [7, 11) is -1.59. The Morgan fingerprint density at radius 3 is 2.65 bits per heavy atom. The fourth-order valence-corrected chi connectivity index (χ4v) is 4.31. The molecule has 1 amide bonds. The highest BCUT2D eigenvalue weighted by Crippen LogP contribution is 2.45. The number of anilines is 1. The lowest BCUT2D eigenvalue weighted by atomic mass is 9.81. The molecule has 1 atom stereocenters. The van der Waals surface area contributed by atoms with Gasteiger partial charge in [0.25, 0.3) is 0 Å². The molecule has 1 aliphatic rings. The van der Waals surface area contributed by atoms with Crippen molar-refractivity contribution in [1.82, 2.24) is 4.90 Å². The number of rotatable bonds is 5. The fourth-order valence-electron chi connectivity index (χ4n) is 2.89. The largest absolute Gasteiger partial charge is 0.346 e. The lowest BCUT2D eigenvalue weighted by Crippen LogP contribution is -2.38. The molecule has 1 aromatic rings. The Labute approximate surface area is 143 Å². The summed E-state index contributed by atoms with van der Waals surface area (Å²) in [6.07, 6.45) is 0.673. The van der Waals surface area contributed by atoms with Crippen molar-refractivity contribution in [2.75, 3.05) is 30.2 Å². The van der Waals surface area contributed by atoms with Crippen molar-refractivity contribution in [2.45, 2.75) is 32.6 Å². The van der Waals surface area contributed by atoms with Gasteiger partial charge < -0.3 is 4.90 Å². The Balaban J connectivity index is 2.40. The molecular weight excluding hydrogens is 336 g/mol. The van der Waals surface area contributed by atoms with Gasteiger partial charge >= 0.3 is 0 Å². The van der Waals surface area contributed by atoms with Crippen molar-refractivity contribution in [3.8, 4) is 0 Å². The fraction of sp³-hybridized carbons (Fsp3) is 0.562. The third-order valence-corrected chi connectivity index (χ3v) is 6.57.